The van der Waals surface area contributed by atoms with Gasteiger partial charge in [-0.3, -0.25) is 4.57 Å². The quantitative estimate of drug-likeness (QED) is 0.218. The van der Waals surface area contributed by atoms with Crippen molar-refractivity contribution in [2.75, 3.05) is 4.90 Å². The number of hydrogen-bond acceptors (Lipinski definition) is 2. The van der Waals surface area contributed by atoms with E-state index in [4.69, 9.17) is 4.98 Å². The van der Waals surface area contributed by atoms with Gasteiger partial charge >= 0.3 is 0 Å². The maximum Gasteiger partial charge on any atom is 0.145 e. The molecule has 0 radical (unpaired) electrons. The molecule has 0 aliphatic rings. The number of benzene rings is 7. The summed E-state index contributed by atoms with van der Waals surface area (Å²) in [6, 6.07) is 57.8. The van der Waals surface area contributed by atoms with E-state index in [9.17, 15) is 0 Å². The second kappa shape index (κ2) is 10.1. The number of fused-ring (bicyclic) bond motifs is 3. The molecule has 42 heavy (non-hydrogen) atoms. The van der Waals surface area contributed by atoms with E-state index >= 15 is 0 Å². The second-order valence-corrected chi connectivity index (χ2v) is 10.5. The summed E-state index contributed by atoms with van der Waals surface area (Å²) in [5.74, 6) is 0.926. The van der Waals surface area contributed by atoms with E-state index < -0.39 is 0 Å². The molecule has 3 nitrogen and oxygen atoms in total. The van der Waals surface area contributed by atoms with Gasteiger partial charge in [0.15, 0.2) is 0 Å². The van der Waals surface area contributed by atoms with Crippen LogP contribution in [0.4, 0.5) is 17.1 Å². The molecule has 7 aromatic carbocycles. The summed E-state index contributed by atoms with van der Waals surface area (Å²) in [7, 11) is 0. The summed E-state index contributed by atoms with van der Waals surface area (Å²) in [6.07, 6.45) is 0. The number of imidazole rings is 1. The number of anilines is 3. The Kier molecular flexibility index (Phi) is 5.79. The van der Waals surface area contributed by atoms with Crippen LogP contribution in [-0.2, 0) is 0 Å². The first kappa shape index (κ1) is 24.2. The summed E-state index contributed by atoms with van der Waals surface area (Å²) in [5, 5.41) is 4.84. The molecule has 0 aliphatic carbocycles. The molecule has 198 valence electrons. The summed E-state index contributed by atoms with van der Waals surface area (Å²) in [5.41, 5.74) is 7.62. The van der Waals surface area contributed by atoms with Crippen LogP contribution < -0.4 is 4.90 Å². The first-order valence-corrected chi connectivity index (χ1v) is 14.2. The monoisotopic (exact) mass is 537 g/mol. The van der Waals surface area contributed by atoms with E-state index in [0.717, 1.165) is 45.2 Å². The largest absolute Gasteiger partial charge is 0.310 e. The number of nitrogens with zero attached hydrogens (tertiary/aromatic N) is 3. The average molecular weight is 538 g/mol. The molecule has 0 amide bonds. The Morgan fingerprint density at radius 3 is 1.86 bits per heavy atom. The van der Waals surface area contributed by atoms with Gasteiger partial charge in [0, 0.05) is 27.7 Å². The van der Waals surface area contributed by atoms with E-state index in [1.165, 1.54) is 21.5 Å². The molecule has 0 fully saturated rings. The van der Waals surface area contributed by atoms with Crippen LogP contribution >= 0.6 is 0 Å². The summed E-state index contributed by atoms with van der Waals surface area (Å²) in [6.45, 7) is 0. The third kappa shape index (κ3) is 4.03. The Bertz CT molecular complexity index is 2180. The van der Waals surface area contributed by atoms with E-state index in [-0.39, 0.29) is 0 Å². The zero-order valence-electron chi connectivity index (χ0n) is 22.9. The van der Waals surface area contributed by atoms with Gasteiger partial charge in [0.2, 0.25) is 0 Å². The van der Waals surface area contributed by atoms with Crippen LogP contribution in [0.5, 0.6) is 0 Å². The van der Waals surface area contributed by atoms with Crippen molar-refractivity contribution in [1.82, 2.24) is 9.55 Å². The van der Waals surface area contributed by atoms with Crippen LogP contribution in [0, 0.1) is 0 Å². The van der Waals surface area contributed by atoms with E-state index in [0.29, 0.717) is 0 Å². The molecule has 0 aliphatic heterocycles. The van der Waals surface area contributed by atoms with Crippen LogP contribution in [-0.4, -0.2) is 9.55 Å². The molecule has 0 atom stereocenters. The fraction of sp³-hybridized carbons (Fsp3) is 0. The van der Waals surface area contributed by atoms with E-state index in [1.54, 1.807) is 0 Å². The molecule has 0 bridgehead atoms. The highest BCUT2D eigenvalue weighted by molar-refractivity contribution is 5.99. The highest BCUT2D eigenvalue weighted by atomic mass is 15.1. The lowest BCUT2D eigenvalue weighted by Gasteiger charge is -2.27. The molecule has 0 spiro atoms. The third-order valence-electron chi connectivity index (χ3n) is 7.97. The number of rotatable bonds is 5. The van der Waals surface area contributed by atoms with Gasteiger partial charge in [0.25, 0.3) is 0 Å². The SMILES string of the molecule is c1ccc(N(c2ccc(-c3nc4ccccc4n3-c3cccc4ccccc34)cc2)c2cccc3ccccc23)cc1. The lowest BCUT2D eigenvalue weighted by atomic mass is 10.1. The van der Waals surface area contributed by atoms with Gasteiger partial charge < -0.3 is 4.90 Å². The van der Waals surface area contributed by atoms with E-state index in [2.05, 4.69) is 173 Å². The zero-order valence-corrected chi connectivity index (χ0v) is 22.9. The topological polar surface area (TPSA) is 21.1 Å². The van der Waals surface area contributed by atoms with Crippen LogP contribution in [0.25, 0.3) is 49.7 Å². The molecule has 8 rings (SSSR count). The van der Waals surface area contributed by atoms with Crippen LogP contribution in [0.2, 0.25) is 0 Å². The maximum atomic E-state index is 5.15. The Labute approximate surface area is 244 Å². The highest BCUT2D eigenvalue weighted by Gasteiger charge is 2.18. The molecule has 8 aromatic rings. The second-order valence-electron chi connectivity index (χ2n) is 10.5. The van der Waals surface area contributed by atoms with Crippen molar-refractivity contribution in [1.29, 1.82) is 0 Å². The average Bonchev–Trinajstić information content (AvgIpc) is 3.45. The van der Waals surface area contributed by atoms with Crippen molar-refractivity contribution in [3.8, 4) is 17.1 Å². The first-order chi connectivity index (χ1) is 20.8. The van der Waals surface area contributed by atoms with Crippen LogP contribution in [0.15, 0.2) is 164 Å². The first-order valence-electron chi connectivity index (χ1n) is 14.2. The minimum atomic E-state index is 0.926. The zero-order chi connectivity index (χ0) is 27.9. The molecule has 3 heteroatoms. The summed E-state index contributed by atoms with van der Waals surface area (Å²) >= 11 is 0. The number of hydrogen-bond donors (Lipinski definition) is 0. The van der Waals surface area contributed by atoms with Gasteiger partial charge in [-0.25, -0.2) is 4.98 Å². The van der Waals surface area contributed by atoms with Gasteiger partial charge in [0.05, 0.1) is 22.4 Å². The molecule has 0 unspecified atom stereocenters. The summed E-state index contributed by atoms with van der Waals surface area (Å²) < 4.78 is 2.30. The smallest absolute Gasteiger partial charge is 0.145 e. The molecule has 0 saturated heterocycles. The molecule has 1 aromatic heterocycles. The van der Waals surface area contributed by atoms with Gasteiger partial charge in [-0.2, -0.15) is 0 Å². The minimum absolute atomic E-state index is 0.926. The molecular weight excluding hydrogens is 510 g/mol. The predicted molar refractivity (Wildman–Crippen MR) is 176 cm³/mol. The van der Waals surface area contributed by atoms with Crippen molar-refractivity contribution >= 4 is 49.6 Å². The van der Waals surface area contributed by atoms with Crippen molar-refractivity contribution in [2.24, 2.45) is 0 Å². The maximum absolute atomic E-state index is 5.15. The standard InChI is InChI=1S/C39H27N3/c1-2-16-31(17-3-1)41(36-22-10-14-28-12-4-6-18-33(28)36)32-26-24-30(25-27-32)39-40-35-20-8-9-21-38(35)42(39)37-23-11-15-29-13-5-7-19-34(29)37/h1-27H. The molecule has 0 N–H and O–H groups in total. The van der Waals surface area contributed by atoms with Crippen molar-refractivity contribution in [2.45, 2.75) is 0 Å². The van der Waals surface area contributed by atoms with Gasteiger partial charge in [-0.05, 0) is 71.4 Å². The van der Waals surface area contributed by atoms with Crippen molar-refractivity contribution in [3.05, 3.63) is 164 Å². The predicted octanol–water partition coefficient (Wildman–Crippen LogP) is 10.5. The Morgan fingerprint density at radius 2 is 1.05 bits per heavy atom. The lowest BCUT2D eigenvalue weighted by Crippen LogP contribution is -2.10. The molecule has 1 heterocycles. The Balaban J connectivity index is 1.30. The minimum Gasteiger partial charge on any atom is -0.310 e. The highest BCUT2D eigenvalue weighted by Crippen LogP contribution is 2.40. The molecular formula is C39H27N3. The fourth-order valence-electron chi connectivity index (χ4n) is 6.03. The number of aromatic nitrogens is 2. The van der Waals surface area contributed by atoms with Crippen molar-refractivity contribution in [3.63, 3.8) is 0 Å². The van der Waals surface area contributed by atoms with Gasteiger partial charge in [-0.15, -0.1) is 0 Å². The number of para-hydroxylation sites is 3. The van der Waals surface area contributed by atoms with Gasteiger partial charge in [-0.1, -0.05) is 103 Å². The Morgan fingerprint density at radius 1 is 0.452 bits per heavy atom. The van der Waals surface area contributed by atoms with Crippen LogP contribution in [0.3, 0.4) is 0 Å². The third-order valence-corrected chi connectivity index (χ3v) is 7.97. The van der Waals surface area contributed by atoms with Crippen molar-refractivity contribution < 1.29 is 0 Å². The molecule has 0 saturated carbocycles. The Hall–Kier alpha value is -5.67. The summed E-state index contributed by atoms with van der Waals surface area (Å²) in [4.78, 5) is 7.48. The van der Waals surface area contributed by atoms with Gasteiger partial charge in [0.1, 0.15) is 5.82 Å². The van der Waals surface area contributed by atoms with E-state index in [1.807, 2.05) is 0 Å². The lowest BCUT2D eigenvalue weighted by molar-refractivity contribution is 1.11. The van der Waals surface area contributed by atoms with Crippen LogP contribution in [0.1, 0.15) is 0 Å². The fourth-order valence-corrected chi connectivity index (χ4v) is 6.03. The normalized spacial score (nSPS) is 11.3.